The van der Waals surface area contributed by atoms with E-state index in [2.05, 4.69) is 10.1 Å². The number of nitrogens with zero attached hydrogens (tertiary/aromatic N) is 3. The molecule has 1 aromatic heterocycles. The number of likely N-dealkylation sites (tertiary alicyclic amines) is 1. The first-order valence-electron chi connectivity index (χ1n) is 7.89. The molecular formula is C17H19N3O4. The van der Waals surface area contributed by atoms with Crippen LogP contribution in [0, 0.1) is 18.8 Å². The van der Waals surface area contributed by atoms with Crippen molar-refractivity contribution in [1.82, 2.24) is 15.0 Å². The highest BCUT2D eigenvalue weighted by molar-refractivity contribution is 6.00. The SMILES string of the molecule is Cc1noc(-c2ccccc2C(=O)N2CCC(C(=O)O)C(C)C2)n1. The van der Waals surface area contributed by atoms with Crippen LogP contribution < -0.4 is 0 Å². The second-order valence-electron chi connectivity index (χ2n) is 6.15. The highest BCUT2D eigenvalue weighted by Crippen LogP contribution is 2.28. The third-order valence-electron chi connectivity index (χ3n) is 4.43. The zero-order valence-corrected chi connectivity index (χ0v) is 13.6. The molecular weight excluding hydrogens is 310 g/mol. The minimum absolute atomic E-state index is 0.0852. The van der Waals surface area contributed by atoms with Gasteiger partial charge in [-0.25, -0.2) is 0 Å². The summed E-state index contributed by atoms with van der Waals surface area (Å²) in [6.07, 6.45) is 0.462. The molecule has 1 aromatic carbocycles. The van der Waals surface area contributed by atoms with Crippen LogP contribution in [0.15, 0.2) is 28.8 Å². The number of aromatic nitrogens is 2. The highest BCUT2D eigenvalue weighted by atomic mass is 16.5. The van der Waals surface area contributed by atoms with Gasteiger partial charge in [0.05, 0.1) is 17.0 Å². The summed E-state index contributed by atoms with van der Waals surface area (Å²) in [4.78, 5) is 30.0. The average molecular weight is 329 g/mol. The third kappa shape index (κ3) is 3.02. The number of hydrogen-bond acceptors (Lipinski definition) is 5. The van der Waals surface area contributed by atoms with E-state index in [1.54, 1.807) is 30.0 Å². The van der Waals surface area contributed by atoms with Gasteiger partial charge in [-0.2, -0.15) is 4.98 Å². The molecule has 0 radical (unpaired) electrons. The molecule has 1 fully saturated rings. The molecule has 0 spiro atoms. The monoisotopic (exact) mass is 329 g/mol. The summed E-state index contributed by atoms with van der Waals surface area (Å²) in [7, 11) is 0. The Labute approximate surface area is 139 Å². The zero-order chi connectivity index (χ0) is 17.3. The number of carbonyl (C=O) groups excluding carboxylic acids is 1. The lowest BCUT2D eigenvalue weighted by molar-refractivity contribution is -0.145. The van der Waals surface area contributed by atoms with Crippen LogP contribution in [0.5, 0.6) is 0 Å². The Balaban J connectivity index is 1.85. The molecule has 0 saturated carbocycles. The number of hydrogen-bond donors (Lipinski definition) is 1. The predicted molar refractivity (Wildman–Crippen MR) is 85.3 cm³/mol. The fourth-order valence-electron chi connectivity index (χ4n) is 3.13. The van der Waals surface area contributed by atoms with Crippen LogP contribution in [0.2, 0.25) is 0 Å². The summed E-state index contributed by atoms with van der Waals surface area (Å²) in [5, 5.41) is 13.0. The number of carbonyl (C=O) groups is 2. The van der Waals surface area contributed by atoms with E-state index in [1.165, 1.54) is 0 Å². The summed E-state index contributed by atoms with van der Waals surface area (Å²) in [6, 6.07) is 7.09. The van der Waals surface area contributed by atoms with Gasteiger partial charge in [-0.05, 0) is 31.4 Å². The minimum atomic E-state index is -0.795. The van der Waals surface area contributed by atoms with E-state index >= 15 is 0 Å². The number of amides is 1. The first-order chi connectivity index (χ1) is 11.5. The van der Waals surface area contributed by atoms with Gasteiger partial charge in [-0.1, -0.05) is 24.2 Å². The topological polar surface area (TPSA) is 96.5 Å². The normalized spacial score (nSPS) is 20.8. The summed E-state index contributed by atoms with van der Waals surface area (Å²) in [5.41, 5.74) is 1.08. The van der Waals surface area contributed by atoms with Gasteiger partial charge in [0, 0.05) is 13.1 Å². The van der Waals surface area contributed by atoms with E-state index < -0.39 is 11.9 Å². The van der Waals surface area contributed by atoms with Crippen LogP contribution in [-0.4, -0.2) is 45.1 Å². The van der Waals surface area contributed by atoms with Gasteiger partial charge in [0.2, 0.25) is 0 Å². The van der Waals surface area contributed by atoms with Gasteiger partial charge in [0.15, 0.2) is 5.82 Å². The molecule has 1 amide bonds. The number of aryl methyl sites for hydroxylation is 1. The molecule has 126 valence electrons. The van der Waals surface area contributed by atoms with Crippen LogP contribution in [0.1, 0.15) is 29.5 Å². The van der Waals surface area contributed by atoms with E-state index in [1.807, 2.05) is 13.0 Å². The molecule has 1 aliphatic rings. The van der Waals surface area contributed by atoms with Crippen LogP contribution >= 0.6 is 0 Å². The molecule has 7 nitrogen and oxygen atoms in total. The minimum Gasteiger partial charge on any atom is -0.481 e. The summed E-state index contributed by atoms with van der Waals surface area (Å²) in [6.45, 7) is 4.44. The fraction of sp³-hybridized carbons (Fsp3) is 0.412. The molecule has 2 heterocycles. The molecule has 3 rings (SSSR count). The lowest BCUT2D eigenvalue weighted by Crippen LogP contribution is -2.45. The van der Waals surface area contributed by atoms with Gasteiger partial charge in [-0.3, -0.25) is 9.59 Å². The van der Waals surface area contributed by atoms with Gasteiger partial charge in [-0.15, -0.1) is 0 Å². The molecule has 0 bridgehead atoms. The number of piperidine rings is 1. The van der Waals surface area contributed by atoms with Crippen molar-refractivity contribution in [2.75, 3.05) is 13.1 Å². The molecule has 24 heavy (non-hydrogen) atoms. The number of rotatable bonds is 3. The molecule has 0 aliphatic carbocycles. The maximum absolute atomic E-state index is 12.9. The Kier molecular flexibility index (Phi) is 4.33. The van der Waals surface area contributed by atoms with Crippen LogP contribution in [-0.2, 0) is 4.79 Å². The van der Waals surface area contributed by atoms with Gasteiger partial charge < -0.3 is 14.5 Å². The zero-order valence-electron chi connectivity index (χ0n) is 13.6. The van der Waals surface area contributed by atoms with Gasteiger partial charge in [0.25, 0.3) is 11.8 Å². The number of carboxylic acid groups (broad SMARTS) is 1. The highest BCUT2D eigenvalue weighted by Gasteiger charge is 2.34. The Morgan fingerprint density at radius 3 is 2.71 bits per heavy atom. The maximum atomic E-state index is 12.9. The van der Waals surface area contributed by atoms with Crippen molar-refractivity contribution in [2.24, 2.45) is 11.8 Å². The quantitative estimate of drug-likeness (QED) is 0.927. The standard InChI is InChI=1S/C17H19N3O4/c1-10-9-20(8-7-12(10)17(22)23)16(21)14-6-4-3-5-13(14)15-18-11(2)19-24-15/h3-6,10,12H,7-9H2,1-2H3,(H,22,23). The lowest BCUT2D eigenvalue weighted by Gasteiger charge is -2.35. The number of aliphatic carboxylic acids is 1. The number of benzene rings is 1. The van der Waals surface area contributed by atoms with E-state index in [0.29, 0.717) is 42.4 Å². The van der Waals surface area contributed by atoms with E-state index in [0.717, 1.165) is 0 Å². The summed E-state index contributed by atoms with van der Waals surface area (Å²) >= 11 is 0. The Bertz CT molecular complexity index is 771. The molecule has 2 unspecified atom stereocenters. The molecule has 1 aliphatic heterocycles. The molecule has 2 atom stereocenters. The molecule has 2 aromatic rings. The van der Waals surface area contributed by atoms with E-state index in [4.69, 9.17) is 4.52 Å². The Hall–Kier alpha value is -2.70. The fourth-order valence-corrected chi connectivity index (χ4v) is 3.13. The van der Waals surface area contributed by atoms with Crippen LogP contribution in [0.4, 0.5) is 0 Å². The first-order valence-corrected chi connectivity index (χ1v) is 7.89. The van der Waals surface area contributed by atoms with Crippen molar-refractivity contribution in [3.05, 3.63) is 35.7 Å². The van der Waals surface area contributed by atoms with Crippen molar-refractivity contribution in [3.8, 4) is 11.5 Å². The lowest BCUT2D eigenvalue weighted by atomic mass is 9.86. The Morgan fingerprint density at radius 2 is 2.08 bits per heavy atom. The van der Waals surface area contributed by atoms with Crippen molar-refractivity contribution in [2.45, 2.75) is 20.3 Å². The Morgan fingerprint density at radius 1 is 1.33 bits per heavy atom. The summed E-state index contributed by atoms with van der Waals surface area (Å²) < 4.78 is 5.19. The second-order valence-corrected chi connectivity index (χ2v) is 6.15. The van der Waals surface area contributed by atoms with Crippen molar-refractivity contribution >= 4 is 11.9 Å². The van der Waals surface area contributed by atoms with Crippen molar-refractivity contribution < 1.29 is 19.2 Å². The summed E-state index contributed by atoms with van der Waals surface area (Å²) in [5.74, 6) is -0.609. The molecule has 1 N–H and O–H groups in total. The number of carboxylic acids is 1. The van der Waals surface area contributed by atoms with Gasteiger partial charge in [0.1, 0.15) is 0 Å². The molecule has 7 heteroatoms. The predicted octanol–water partition coefficient (Wildman–Crippen LogP) is 2.23. The van der Waals surface area contributed by atoms with Crippen LogP contribution in [0.3, 0.4) is 0 Å². The van der Waals surface area contributed by atoms with Crippen molar-refractivity contribution in [3.63, 3.8) is 0 Å². The van der Waals surface area contributed by atoms with Crippen LogP contribution in [0.25, 0.3) is 11.5 Å². The second kappa shape index (κ2) is 6.43. The van der Waals surface area contributed by atoms with E-state index in [9.17, 15) is 14.7 Å². The smallest absolute Gasteiger partial charge is 0.306 e. The maximum Gasteiger partial charge on any atom is 0.306 e. The third-order valence-corrected chi connectivity index (χ3v) is 4.43. The van der Waals surface area contributed by atoms with E-state index in [-0.39, 0.29) is 11.8 Å². The van der Waals surface area contributed by atoms with Crippen molar-refractivity contribution in [1.29, 1.82) is 0 Å². The largest absolute Gasteiger partial charge is 0.481 e. The molecule has 1 saturated heterocycles. The first kappa shape index (κ1) is 16.2. The van der Waals surface area contributed by atoms with Gasteiger partial charge >= 0.3 is 5.97 Å². The average Bonchev–Trinajstić information content (AvgIpc) is 3.00.